The summed E-state index contributed by atoms with van der Waals surface area (Å²) in [5.74, 6) is 0.710. The number of halogens is 2. The number of aliphatic imine (C=N–C) groups is 1. The summed E-state index contributed by atoms with van der Waals surface area (Å²) in [6, 6.07) is 1.85. The zero-order chi connectivity index (χ0) is 16.9. The highest BCUT2D eigenvalue weighted by atomic mass is 35.5. The van der Waals surface area contributed by atoms with Gasteiger partial charge in [-0.1, -0.05) is 23.2 Å². The molecule has 0 spiro atoms. The molecule has 0 saturated carbocycles. The van der Waals surface area contributed by atoms with Gasteiger partial charge in [0.05, 0.1) is 17.2 Å². The first kappa shape index (κ1) is 18.4. The molecule has 0 aromatic carbocycles. The lowest BCUT2D eigenvalue weighted by Crippen LogP contribution is -2.50. The maximum Gasteiger partial charge on any atom is 0.191 e. The van der Waals surface area contributed by atoms with E-state index in [2.05, 4.69) is 15.6 Å². The van der Waals surface area contributed by atoms with Gasteiger partial charge in [-0.3, -0.25) is 4.99 Å². The first-order valence-corrected chi connectivity index (χ1v) is 8.34. The number of ether oxygens (including phenoxy) is 2. The molecule has 0 atom stereocenters. The molecule has 130 valence electrons. The van der Waals surface area contributed by atoms with Crippen molar-refractivity contribution in [3.05, 3.63) is 21.9 Å². The Morgan fingerprint density at radius 3 is 2.61 bits per heavy atom. The van der Waals surface area contributed by atoms with Crippen LogP contribution in [0.15, 0.2) is 11.1 Å². The quantitative estimate of drug-likeness (QED) is 0.622. The van der Waals surface area contributed by atoms with Gasteiger partial charge >= 0.3 is 0 Å². The number of hydrogen-bond acceptors (Lipinski definition) is 3. The number of rotatable bonds is 5. The van der Waals surface area contributed by atoms with Crippen LogP contribution < -0.4 is 10.6 Å². The lowest BCUT2D eigenvalue weighted by molar-refractivity contribution is -0.0855. The molecule has 0 radical (unpaired) electrons. The summed E-state index contributed by atoms with van der Waals surface area (Å²) >= 11 is 12.1. The lowest BCUT2D eigenvalue weighted by atomic mass is 9.94. The molecule has 0 amide bonds. The van der Waals surface area contributed by atoms with Crippen LogP contribution in [0, 0.1) is 0 Å². The fourth-order valence-electron chi connectivity index (χ4n) is 2.59. The van der Waals surface area contributed by atoms with Crippen molar-refractivity contribution >= 4 is 29.2 Å². The average Bonchev–Trinajstić information content (AvgIpc) is 2.83. The monoisotopic (exact) mass is 362 g/mol. The Bertz CT molecular complexity index is 554. The zero-order valence-electron chi connectivity index (χ0n) is 13.8. The minimum atomic E-state index is -0.201. The topological polar surface area (TPSA) is 59.8 Å². The second-order valence-electron chi connectivity index (χ2n) is 5.61. The summed E-state index contributed by atoms with van der Waals surface area (Å²) in [4.78, 5) is 4.24. The second kappa shape index (κ2) is 8.24. The van der Waals surface area contributed by atoms with Gasteiger partial charge < -0.3 is 24.7 Å². The molecule has 2 rings (SSSR count). The highest BCUT2D eigenvalue weighted by Crippen LogP contribution is 2.25. The third-order valence-corrected chi connectivity index (χ3v) is 5.13. The van der Waals surface area contributed by atoms with Crippen molar-refractivity contribution in [1.82, 2.24) is 15.2 Å². The van der Waals surface area contributed by atoms with Crippen LogP contribution in [-0.2, 0) is 23.1 Å². The Morgan fingerprint density at radius 1 is 1.39 bits per heavy atom. The molecule has 0 unspecified atom stereocenters. The molecular weight excluding hydrogens is 339 g/mol. The summed E-state index contributed by atoms with van der Waals surface area (Å²) in [6.07, 6.45) is 1.74. The third kappa shape index (κ3) is 4.53. The van der Waals surface area contributed by atoms with Gasteiger partial charge in [0.25, 0.3) is 0 Å². The standard InChI is InChI=1S/C15H24Cl2N4O2/c1-18-14(19-9-11-8-12(16)13(17)21(11)2)20-10-15(22-3)4-6-23-7-5-15/h8H,4-7,9-10H2,1-3H3,(H2,18,19,20). The fraction of sp³-hybridized carbons (Fsp3) is 0.667. The molecule has 1 saturated heterocycles. The predicted octanol–water partition coefficient (Wildman–Crippen LogP) is 2.19. The molecule has 1 aromatic heterocycles. The van der Waals surface area contributed by atoms with Crippen molar-refractivity contribution in [2.75, 3.05) is 33.9 Å². The van der Waals surface area contributed by atoms with Crippen molar-refractivity contribution in [2.45, 2.75) is 25.0 Å². The van der Waals surface area contributed by atoms with E-state index < -0.39 is 0 Å². The van der Waals surface area contributed by atoms with Crippen molar-refractivity contribution in [2.24, 2.45) is 12.0 Å². The summed E-state index contributed by atoms with van der Waals surface area (Å²) in [7, 11) is 5.37. The lowest BCUT2D eigenvalue weighted by Gasteiger charge is -2.36. The minimum Gasteiger partial charge on any atom is -0.381 e. The van der Waals surface area contributed by atoms with Gasteiger partial charge in [-0.05, 0) is 6.07 Å². The van der Waals surface area contributed by atoms with Crippen molar-refractivity contribution in [1.29, 1.82) is 0 Å². The Hall–Kier alpha value is -0.950. The molecule has 2 heterocycles. The van der Waals surface area contributed by atoms with E-state index in [1.165, 1.54) is 0 Å². The smallest absolute Gasteiger partial charge is 0.191 e. The van der Waals surface area contributed by atoms with Gasteiger partial charge in [0.2, 0.25) is 0 Å². The number of nitrogens with zero attached hydrogens (tertiary/aromatic N) is 2. The van der Waals surface area contributed by atoms with E-state index in [9.17, 15) is 0 Å². The molecule has 23 heavy (non-hydrogen) atoms. The zero-order valence-corrected chi connectivity index (χ0v) is 15.3. The van der Waals surface area contributed by atoms with Gasteiger partial charge in [-0.2, -0.15) is 0 Å². The van der Waals surface area contributed by atoms with Crippen LogP contribution in [0.5, 0.6) is 0 Å². The van der Waals surface area contributed by atoms with Crippen LogP contribution in [-0.4, -0.2) is 50.0 Å². The minimum absolute atomic E-state index is 0.201. The predicted molar refractivity (Wildman–Crippen MR) is 93.4 cm³/mol. The Balaban J connectivity index is 1.89. The summed E-state index contributed by atoms with van der Waals surface area (Å²) in [5.41, 5.74) is 0.781. The number of methoxy groups -OCH3 is 1. The normalized spacial score (nSPS) is 18.0. The van der Waals surface area contributed by atoms with Crippen LogP contribution in [0.4, 0.5) is 0 Å². The molecule has 1 aromatic rings. The van der Waals surface area contributed by atoms with E-state index in [0.717, 1.165) is 31.7 Å². The van der Waals surface area contributed by atoms with Crippen LogP contribution in [0.25, 0.3) is 0 Å². The first-order valence-electron chi connectivity index (χ1n) is 7.58. The van der Waals surface area contributed by atoms with Gasteiger partial charge in [0, 0.05) is 59.5 Å². The van der Waals surface area contributed by atoms with E-state index in [0.29, 0.717) is 29.2 Å². The SMILES string of the molecule is CN=C(NCc1cc(Cl)c(Cl)n1C)NCC1(OC)CCOCC1. The van der Waals surface area contributed by atoms with Crippen LogP contribution in [0.2, 0.25) is 10.2 Å². The summed E-state index contributed by atoms with van der Waals surface area (Å²) in [5, 5.41) is 7.67. The highest BCUT2D eigenvalue weighted by Gasteiger charge is 2.32. The molecular formula is C15H24Cl2N4O2. The molecule has 0 aliphatic carbocycles. The van der Waals surface area contributed by atoms with E-state index in [-0.39, 0.29) is 5.60 Å². The van der Waals surface area contributed by atoms with E-state index in [1.54, 1.807) is 14.2 Å². The van der Waals surface area contributed by atoms with Gasteiger partial charge in [-0.25, -0.2) is 0 Å². The largest absolute Gasteiger partial charge is 0.381 e. The molecule has 1 aliphatic heterocycles. The molecule has 0 bridgehead atoms. The van der Waals surface area contributed by atoms with Crippen molar-refractivity contribution in [3.8, 4) is 0 Å². The van der Waals surface area contributed by atoms with Crippen LogP contribution in [0.3, 0.4) is 0 Å². The number of nitrogens with one attached hydrogen (secondary N) is 2. The second-order valence-corrected chi connectivity index (χ2v) is 6.38. The Labute approximate surface area is 147 Å². The Kier molecular flexibility index (Phi) is 6.59. The van der Waals surface area contributed by atoms with Crippen LogP contribution >= 0.6 is 23.2 Å². The highest BCUT2D eigenvalue weighted by molar-refractivity contribution is 6.41. The van der Waals surface area contributed by atoms with E-state index in [1.807, 2.05) is 17.7 Å². The summed E-state index contributed by atoms with van der Waals surface area (Å²) < 4.78 is 13.0. The molecule has 8 heteroatoms. The van der Waals surface area contributed by atoms with Gasteiger partial charge in [-0.15, -0.1) is 0 Å². The fourth-order valence-corrected chi connectivity index (χ4v) is 3.01. The number of hydrogen-bond donors (Lipinski definition) is 2. The third-order valence-electron chi connectivity index (χ3n) is 4.29. The summed E-state index contributed by atoms with van der Waals surface area (Å²) in [6.45, 7) is 2.71. The van der Waals surface area contributed by atoms with Crippen LogP contribution in [0.1, 0.15) is 18.5 Å². The molecule has 6 nitrogen and oxygen atoms in total. The average molecular weight is 363 g/mol. The van der Waals surface area contributed by atoms with Gasteiger partial charge in [0.15, 0.2) is 5.96 Å². The molecule has 1 fully saturated rings. The molecule has 2 N–H and O–H groups in total. The van der Waals surface area contributed by atoms with E-state index in [4.69, 9.17) is 32.7 Å². The van der Waals surface area contributed by atoms with Crippen molar-refractivity contribution in [3.63, 3.8) is 0 Å². The van der Waals surface area contributed by atoms with Crippen molar-refractivity contribution < 1.29 is 9.47 Å². The number of aromatic nitrogens is 1. The van der Waals surface area contributed by atoms with E-state index >= 15 is 0 Å². The molecule has 1 aliphatic rings. The number of guanidine groups is 1. The maximum absolute atomic E-state index is 6.08. The van der Waals surface area contributed by atoms with Gasteiger partial charge in [0.1, 0.15) is 5.15 Å². The Morgan fingerprint density at radius 2 is 2.09 bits per heavy atom. The maximum atomic E-state index is 6.08. The first-order chi connectivity index (χ1) is 11.0.